The zero-order chi connectivity index (χ0) is 26.5. The first-order valence-corrected chi connectivity index (χ1v) is 12.9. The number of aromatic nitrogens is 1. The third kappa shape index (κ3) is 9.42. The Morgan fingerprint density at radius 3 is 2.24 bits per heavy atom. The third-order valence-electron chi connectivity index (χ3n) is 6.15. The molecule has 2 amide bonds. The van der Waals surface area contributed by atoms with E-state index < -0.39 is 0 Å². The molecular formula is C30H39N3O4. The highest BCUT2D eigenvalue weighted by atomic mass is 16.5. The van der Waals surface area contributed by atoms with Crippen LogP contribution in [-0.2, 0) is 27.4 Å². The molecular weight excluding hydrogens is 466 g/mol. The summed E-state index contributed by atoms with van der Waals surface area (Å²) in [6.07, 6.45) is 2.84. The smallest absolute Gasteiger partial charge is 0.260 e. The van der Waals surface area contributed by atoms with E-state index in [1.165, 1.54) is 5.56 Å². The van der Waals surface area contributed by atoms with Crippen LogP contribution in [0.25, 0.3) is 0 Å². The fraction of sp³-hybridized carbons (Fsp3) is 0.400. The maximum Gasteiger partial charge on any atom is 0.260 e. The fourth-order valence-electron chi connectivity index (χ4n) is 3.94. The molecule has 1 heterocycles. The molecule has 0 bridgehead atoms. The van der Waals surface area contributed by atoms with Gasteiger partial charge in [-0.1, -0.05) is 62.4 Å². The molecule has 1 aromatic heterocycles. The van der Waals surface area contributed by atoms with E-state index >= 15 is 0 Å². The van der Waals surface area contributed by atoms with Gasteiger partial charge in [0, 0.05) is 38.6 Å². The standard InChI is InChI=1S/C30H39N3O4/c1-25(2)16-18-32(30(35)24-37-28-14-8-5-9-15-28)23-29(34)33(19-20-36-3)22-27-13-10-17-31(27)21-26-11-6-4-7-12-26/h4-15,17,25H,16,18-24H2,1-3H3. The Labute approximate surface area is 220 Å². The number of methoxy groups -OCH3 is 1. The van der Waals surface area contributed by atoms with Crippen LogP contribution in [0.5, 0.6) is 5.75 Å². The van der Waals surface area contributed by atoms with Crippen LogP contribution in [0.15, 0.2) is 79.0 Å². The van der Waals surface area contributed by atoms with Crippen molar-refractivity contribution in [2.24, 2.45) is 5.92 Å². The molecule has 0 unspecified atom stereocenters. The van der Waals surface area contributed by atoms with Crippen LogP contribution in [0, 0.1) is 5.92 Å². The molecule has 0 spiro atoms. The number of hydrogen-bond donors (Lipinski definition) is 0. The van der Waals surface area contributed by atoms with E-state index in [0.29, 0.717) is 37.9 Å². The molecule has 3 rings (SSSR count). The number of rotatable bonds is 15. The summed E-state index contributed by atoms with van der Waals surface area (Å²) < 4.78 is 13.1. The molecule has 0 N–H and O–H groups in total. The lowest BCUT2D eigenvalue weighted by Gasteiger charge is -2.28. The molecule has 7 nitrogen and oxygen atoms in total. The van der Waals surface area contributed by atoms with Crippen LogP contribution in [0.1, 0.15) is 31.5 Å². The lowest BCUT2D eigenvalue weighted by molar-refractivity contribution is -0.142. The minimum atomic E-state index is -0.197. The quantitative estimate of drug-likeness (QED) is 0.306. The highest BCUT2D eigenvalue weighted by Crippen LogP contribution is 2.13. The maximum atomic E-state index is 13.5. The van der Waals surface area contributed by atoms with E-state index in [0.717, 1.165) is 18.7 Å². The van der Waals surface area contributed by atoms with Gasteiger partial charge in [0.25, 0.3) is 5.91 Å². The first kappa shape index (κ1) is 28.0. The molecule has 0 atom stereocenters. The Balaban J connectivity index is 1.69. The molecule has 0 aliphatic heterocycles. The van der Waals surface area contributed by atoms with Gasteiger partial charge in [0.05, 0.1) is 19.7 Å². The van der Waals surface area contributed by atoms with Crippen molar-refractivity contribution >= 4 is 11.8 Å². The van der Waals surface area contributed by atoms with Crippen LogP contribution in [0.4, 0.5) is 0 Å². The number of ether oxygens (including phenoxy) is 2. The summed E-state index contributed by atoms with van der Waals surface area (Å²) in [7, 11) is 1.63. The first-order valence-electron chi connectivity index (χ1n) is 12.9. The van der Waals surface area contributed by atoms with Crippen molar-refractivity contribution in [3.05, 3.63) is 90.3 Å². The van der Waals surface area contributed by atoms with Gasteiger partial charge in [-0.15, -0.1) is 0 Å². The van der Waals surface area contributed by atoms with Crippen LogP contribution in [0.2, 0.25) is 0 Å². The monoisotopic (exact) mass is 505 g/mol. The minimum absolute atomic E-state index is 0.00676. The maximum absolute atomic E-state index is 13.5. The Bertz CT molecular complexity index is 1080. The summed E-state index contributed by atoms with van der Waals surface area (Å²) in [5.41, 5.74) is 2.22. The van der Waals surface area contributed by atoms with Gasteiger partial charge >= 0.3 is 0 Å². The van der Waals surface area contributed by atoms with E-state index in [-0.39, 0.29) is 25.0 Å². The number of para-hydroxylation sites is 1. The van der Waals surface area contributed by atoms with Gasteiger partial charge in [-0.25, -0.2) is 0 Å². The largest absolute Gasteiger partial charge is 0.484 e. The van der Waals surface area contributed by atoms with E-state index in [1.54, 1.807) is 16.9 Å². The van der Waals surface area contributed by atoms with Gasteiger partial charge in [0.1, 0.15) is 5.75 Å². The van der Waals surface area contributed by atoms with Crippen molar-refractivity contribution in [3.8, 4) is 5.75 Å². The Hall–Kier alpha value is -3.58. The molecule has 0 aliphatic carbocycles. The van der Waals surface area contributed by atoms with Crippen molar-refractivity contribution in [2.45, 2.75) is 33.4 Å². The third-order valence-corrected chi connectivity index (χ3v) is 6.15. The number of benzene rings is 2. The Kier molecular flexibility index (Phi) is 11.2. The summed E-state index contributed by atoms with van der Waals surface area (Å²) in [5, 5.41) is 0. The summed E-state index contributed by atoms with van der Waals surface area (Å²) in [4.78, 5) is 30.0. The predicted molar refractivity (Wildman–Crippen MR) is 145 cm³/mol. The fourth-order valence-corrected chi connectivity index (χ4v) is 3.94. The van der Waals surface area contributed by atoms with Crippen LogP contribution < -0.4 is 4.74 Å². The zero-order valence-corrected chi connectivity index (χ0v) is 22.2. The highest BCUT2D eigenvalue weighted by Gasteiger charge is 2.23. The zero-order valence-electron chi connectivity index (χ0n) is 22.2. The van der Waals surface area contributed by atoms with E-state index in [2.05, 4.69) is 30.5 Å². The molecule has 37 heavy (non-hydrogen) atoms. The molecule has 0 saturated heterocycles. The second-order valence-electron chi connectivity index (χ2n) is 9.52. The van der Waals surface area contributed by atoms with Crippen LogP contribution >= 0.6 is 0 Å². The van der Waals surface area contributed by atoms with E-state index in [9.17, 15) is 9.59 Å². The molecule has 0 aliphatic rings. The Morgan fingerprint density at radius 1 is 0.865 bits per heavy atom. The van der Waals surface area contributed by atoms with Crippen LogP contribution in [0.3, 0.4) is 0 Å². The lowest BCUT2D eigenvalue weighted by atomic mass is 10.1. The summed E-state index contributed by atoms with van der Waals surface area (Å²) in [6.45, 7) is 6.65. The van der Waals surface area contributed by atoms with E-state index in [1.807, 2.05) is 66.9 Å². The second-order valence-corrected chi connectivity index (χ2v) is 9.52. The molecule has 3 aromatic rings. The van der Waals surface area contributed by atoms with Crippen molar-refractivity contribution in [3.63, 3.8) is 0 Å². The van der Waals surface area contributed by atoms with Gasteiger partial charge < -0.3 is 23.8 Å². The molecule has 198 valence electrons. The topological polar surface area (TPSA) is 64.0 Å². The second kappa shape index (κ2) is 14.9. The van der Waals surface area contributed by atoms with Crippen LogP contribution in [-0.4, -0.2) is 66.1 Å². The average Bonchev–Trinajstić information content (AvgIpc) is 3.34. The average molecular weight is 506 g/mol. The Morgan fingerprint density at radius 2 is 1.57 bits per heavy atom. The van der Waals surface area contributed by atoms with Crippen molar-refractivity contribution in [1.82, 2.24) is 14.4 Å². The molecule has 0 saturated carbocycles. The number of carbonyl (C=O) groups is 2. The summed E-state index contributed by atoms with van der Waals surface area (Å²) in [5.74, 6) is 0.733. The van der Waals surface area contributed by atoms with Gasteiger partial charge in [-0.05, 0) is 42.2 Å². The number of carbonyl (C=O) groups excluding carboxylic acids is 2. The number of amides is 2. The molecule has 7 heteroatoms. The SMILES string of the molecule is COCCN(Cc1cccn1Cc1ccccc1)C(=O)CN(CCC(C)C)C(=O)COc1ccccc1. The first-order chi connectivity index (χ1) is 18.0. The highest BCUT2D eigenvalue weighted by molar-refractivity contribution is 5.85. The number of nitrogens with zero attached hydrogens (tertiary/aromatic N) is 3. The normalized spacial score (nSPS) is 10.9. The lowest BCUT2D eigenvalue weighted by Crippen LogP contribution is -2.45. The van der Waals surface area contributed by atoms with E-state index in [4.69, 9.17) is 9.47 Å². The molecule has 2 aromatic carbocycles. The minimum Gasteiger partial charge on any atom is -0.484 e. The van der Waals surface area contributed by atoms with Gasteiger partial charge in [0.2, 0.25) is 5.91 Å². The van der Waals surface area contributed by atoms with Gasteiger partial charge in [-0.3, -0.25) is 9.59 Å². The van der Waals surface area contributed by atoms with Gasteiger partial charge in [-0.2, -0.15) is 0 Å². The summed E-state index contributed by atoms with van der Waals surface area (Å²) >= 11 is 0. The van der Waals surface area contributed by atoms with Gasteiger partial charge in [0.15, 0.2) is 6.61 Å². The van der Waals surface area contributed by atoms with Crippen molar-refractivity contribution in [2.75, 3.05) is 40.0 Å². The van der Waals surface area contributed by atoms with Crippen molar-refractivity contribution < 1.29 is 19.1 Å². The molecule has 0 fully saturated rings. The number of hydrogen-bond acceptors (Lipinski definition) is 4. The van der Waals surface area contributed by atoms with Crippen molar-refractivity contribution in [1.29, 1.82) is 0 Å². The predicted octanol–water partition coefficient (Wildman–Crippen LogP) is 4.47. The molecule has 0 radical (unpaired) electrons. The summed E-state index contributed by atoms with van der Waals surface area (Å²) in [6, 6.07) is 23.5.